The van der Waals surface area contributed by atoms with Crippen LogP contribution in [0.15, 0.2) is 25.4 Å². The minimum Gasteiger partial charge on any atom is -0.870 e. The van der Waals surface area contributed by atoms with E-state index in [1.165, 1.54) is 112 Å². The second-order valence-corrected chi connectivity index (χ2v) is 45.7. The van der Waals surface area contributed by atoms with Crippen molar-refractivity contribution in [1.82, 2.24) is 76.4 Å². The van der Waals surface area contributed by atoms with E-state index in [1.54, 1.807) is 16.1 Å². The summed E-state index contributed by atoms with van der Waals surface area (Å²) < 4.78 is 138. The summed E-state index contributed by atoms with van der Waals surface area (Å²) >= 11 is 20.4. The fourth-order valence-corrected chi connectivity index (χ4v) is 28.3. The van der Waals surface area contributed by atoms with Crippen molar-refractivity contribution in [3.05, 3.63) is 55.0 Å². The van der Waals surface area contributed by atoms with E-state index in [4.69, 9.17) is 77.8 Å². The number of nitrogens with one attached hydrogen (secondary N) is 6. The molecule has 16 bridgehead atoms. The third kappa shape index (κ3) is 28.7. The maximum atomic E-state index is 15.1. The quantitative estimate of drug-likeness (QED) is 0.0119. The number of sulfone groups is 1. The molecule has 5 aliphatic heterocycles. The first-order valence-corrected chi connectivity index (χ1v) is 55.2. The molecule has 49 heteroatoms. The summed E-state index contributed by atoms with van der Waals surface area (Å²) in [6.07, 6.45) is 34.9. The average Bonchev–Trinajstić information content (AvgIpc) is 0.757. The Bertz CT molecular complexity index is 5150. The monoisotopic (exact) mass is 2120 g/mol. The van der Waals surface area contributed by atoms with Gasteiger partial charge in [-0.1, -0.05) is 70.1 Å². The molecule has 0 unspecified atom stereocenters. The molecular formula is C92H128Cl3F5N19NaO17S4. The molecule has 21 aliphatic rings. The molecule has 36 nitrogen and oxygen atoms in total. The number of hydrogen-bond acceptors (Lipinski definition) is 34. The number of rotatable bonds is 22. The van der Waals surface area contributed by atoms with Gasteiger partial charge >= 0.3 is 35.2 Å². The van der Waals surface area contributed by atoms with Crippen LogP contribution in [0.5, 0.6) is 17.6 Å². The van der Waals surface area contributed by atoms with E-state index in [2.05, 4.69) is 76.4 Å². The molecule has 4 amide bonds. The Morgan fingerprint density at radius 2 is 0.667 bits per heavy atom. The maximum absolute atomic E-state index is 15.1. The van der Waals surface area contributed by atoms with Crippen LogP contribution in [-0.4, -0.2) is 298 Å². The predicted octanol–water partition coefficient (Wildman–Crippen LogP) is 7.14. The number of aromatic amines is 1. The van der Waals surface area contributed by atoms with Gasteiger partial charge < -0.3 is 94.7 Å². The molecule has 141 heavy (non-hydrogen) atoms. The number of nitrogens with zero attached hydrogens (tertiary/aromatic N) is 13. The van der Waals surface area contributed by atoms with Crippen LogP contribution in [0.3, 0.4) is 0 Å². The molecule has 774 valence electrons. The van der Waals surface area contributed by atoms with Gasteiger partial charge in [-0.05, 0) is 244 Å². The van der Waals surface area contributed by atoms with Crippen molar-refractivity contribution in [3.63, 3.8) is 0 Å². The van der Waals surface area contributed by atoms with Crippen molar-refractivity contribution in [1.29, 1.82) is 0 Å². The summed E-state index contributed by atoms with van der Waals surface area (Å²) in [5, 5.41) is 24.8. The number of hydrogen-bond donors (Lipinski definition) is 7. The number of aliphatic hydroxyl groups excluding tert-OH is 1. The Morgan fingerprint density at radius 3 is 0.965 bits per heavy atom. The first kappa shape index (κ1) is 111. The van der Waals surface area contributed by atoms with E-state index in [1.807, 2.05) is 22.3 Å². The van der Waals surface area contributed by atoms with Crippen LogP contribution in [0, 0.1) is 100 Å². The van der Waals surface area contributed by atoms with Crippen molar-refractivity contribution in [2.24, 2.45) is 71.0 Å². The third-order valence-electron chi connectivity index (χ3n) is 29.8. The minimum absolute atomic E-state index is 0. The van der Waals surface area contributed by atoms with E-state index < -0.39 is 68.1 Å². The number of halogens is 8. The van der Waals surface area contributed by atoms with Crippen LogP contribution in [0.1, 0.15) is 154 Å². The molecule has 5 aromatic heterocycles. The molecule has 0 atom stereocenters. The largest absolute Gasteiger partial charge is 1.00 e. The number of H-pyrrole nitrogens is 1. The zero-order chi connectivity index (χ0) is 97.9. The zero-order valence-corrected chi connectivity index (χ0v) is 87.9. The predicted molar refractivity (Wildman–Crippen MR) is 514 cm³/mol. The Morgan fingerprint density at radius 1 is 0.397 bits per heavy atom. The number of carbonyl (C=O) groups excluding carboxylic acids is 4. The summed E-state index contributed by atoms with van der Waals surface area (Å²) in [4.78, 5) is 106. The molecule has 0 spiro atoms. The van der Waals surface area contributed by atoms with Crippen molar-refractivity contribution >= 4 is 127 Å². The molecule has 10 heterocycles. The molecule has 8 N–H and O–H groups in total. The molecule has 5 aromatic rings. The van der Waals surface area contributed by atoms with Crippen molar-refractivity contribution in [2.45, 2.75) is 197 Å². The van der Waals surface area contributed by atoms with Crippen LogP contribution < -0.4 is 95.6 Å². The van der Waals surface area contributed by atoms with Gasteiger partial charge in [0.05, 0.1) is 66.1 Å². The van der Waals surface area contributed by atoms with E-state index in [9.17, 15) is 45.6 Å². The second-order valence-electron chi connectivity index (χ2n) is 40.4. The zero-order valence-electron chi connectivity index (χ0n) is 80.4. The molecule has 0 radical (unpaired) electrons. The van der Waals surface area contributed by atoms with Crippen LogP contribution in [0.2, 0.25) is 15.5 Å². The Balaban J connectivity index is 0.000000137. The van der Waals surface area contributed by atoms with Crippen molar-refractivity contribution in [3.8, 4) is 17.6 Å². The molecular weight excluding hydrogens is 2000 g/mol. The van der Waals surface area contributed by atoms with Gasteiger partial charge in [0.25, 0.3) is 40.5 Å². The van der Waals surface area contributed by atoms with Crippen molar-refractivity contribution < 1.29 is 128 Å². The van der Waals surface area contributed by atoms with Gasteiger partial charge in [0.2, 0.25) is 39.0 Å². The smallest absolute Gasteiger partial charge is 0.870 e. The summed E-state index contributed by atoms with van der Waals surface area (Å²) in [5.74, 6) is 3.64. The number of aliphatic hydroxyl groups is 1. The van der Waals surface area contributed by atoms with Crippen LogP contribution in [0.25, 0.3) is 0 Å². The van der Waals surface area contributed by atoms with Crippen LogP contribution >= 0.6 is 70.1 Å². The van der Waals surface area contributed by atoms with Gasteiger partial charge in [-0.2, -0.15) is 37.5 Å². The molecule has 0 aromatic carbocycles. The number of carbonyl (C=O) groups is 4. The summed E-state index contributed by atoms with van der Waals surface area (Å²) in [6.45, 7) is 10.4. The topological polar surface area (TPSA) is 448 Å². The van der Waals surface area contributed by atoms with Crippen LogP contribution in [-0.2, 0) is 52.7 Å². The third-order valence-corrected chi connectivity index (χ3v) is 33.1. The molecule has 16 saturated carbocycles. The SMILES string of the molecule is C1COCCN1.CS(=O)(=O)c1nc(OCC(=O)NC23CC4CC(CC(C4)C2)C3)c(F)c(N2CCOCC2)n1.CSc1nc(Cl)c(F)c(Cl)n1.CSc1nc(Cl)c(F)c(N2CCOCC2)n1.CSc1nc(OCC(=O)NC23CC4CC(CC(C4)C2)C3)c(F)c(N2CCOCC2)n1.O=C(CO)NC12CC3CC(CC(C3)C1)C2.O=C(COc1nc(=O)[nH]c(N2CCOCC2)c1F)NC12CC3CC(CC(C3)C1)C2.[Na+].[OH-]. The summed E-state index contributed by atoms with van der Waals surface area (Å²) in [5.41, 5.74) is -1.04. The van der Waals surface area contributed by atoms with Gasteiger partial charge in [0.1, 0.15) is 6.61 Å². The van der Waals surface area contributed by atoms with E-state index in [0.717, 1.165) is 145 Å². The second kappa shape index (κ2) is 49.8. The molecule has 16 aliphatic carbocycles. The first-order valence-electron chi connectivity index (χ1n) is 48.5. The standard InChI is InChI=1S/C21H29FN4O5S.C21H29FN4O3S.C20H27FN4O4.C12H19NO2.C9H11ClFN3OS.C5H3Cl2FN2S.C4H9NO.Na.H2O/c1-32(28,29)20-23-18(26-2-4-30-5-3-26)17(22)19(24-20)31-12-16(27)25-21-9-13-6-14(10-21)8-15(7-13)11-21;1-30-20-23-18(26-2-4-28-5-3-26)17(22)19(24-20)29-12-16(27)25-21-9-13-6-14(10-21)8-15(7-13)11-21;21-16-17(25-1-3-28-4-2-25)22-19(27)23-18(16)29-11-15(26)24-20-8-12-5-13(9-20)7-14(6-12)10-20;14-7-11(15)13-12-4-8-1-9(5-12)3-10(2-8)6-12;1-16-9-12-7(10)6(11)8(13-9)14-2-4-15-5-3-14;1-11-5-9-3(6)2(8)4(7)10-5;1-3-6-4-2-5-1;;/h13-15H,2-12H2,1H3,(H,25,27);13-15H,2-12H2,1H3,(H,25,27);12-14H,1-11H2,(H,24,26)(H,22,23,27);8-10,14H,1-7H2,(H,13,15);2-5H2,1H3;1H3;5H,1-4H2;;1H2/q;;;;;;;+1;/p-1. The number of amides is 4. The Hall–Kier alpha value is -6.12. The first-order chi connectivity index (χ1) is 66.8. The van der Waals surface area contributed by atoms with E-state index in [0.29, 0.717) is 156 Å². The fourth-order valence-electron chi connectivity index (χ4n) is 26.0. The number of aromatic nitrogens is 10. The van der Waals surface area contributed by atoms with Gasteiger partial charge in [0.15, 0.2) is 79.8 Å². The maximum Gasteiger partial charge on any atom is 1.00 e. The molecule has 5 saturated heterocycles. The fraction of sp³-hybridized carbons (Fsp3) is 0.739. The van der Waals surface area contributed by atoms with Gasteiger partial charge in [-0.25, -0.2) is 42.5 Å². The van der Waals surface area contributed by atoms with Gasteiger partial charge in [0, 0.05) is 93.9 Å². The van der Waals surface area contributed by atoms with Crippen LogP contribution in [0.4, 0.5) is 45.2 Å². The average molecular weight is 2120 g/mol. The Kier molecular flexibility index (Phi) is 39.0. The number of ether oxygens (including phenoxy) is 8. The summed E-state index contributed by atoms with van der Waals surface area (Å²) in [7, 11) is -3.81. The Labute approximate surface area is 867 Å². The number of thioether (sulfide) groups is 3. The molecule has 21 fully saturated rings. The van der Waals surface area contributed by atoms with Gasteiger partial charge in [-0.15, -0.1) is 0 Å². The molecule has 26 rings (SSSR count). The van der Waals surface area contributed by atoms with Crippen molar-refractivity contribution in [2.75, 3.05) is 203 Å². The van der Waals surface area contributed by atoms with E-state index in [-0.39, 0.29) is 145 Å². The number of anilines is 4. The minimum atomic E-state index is -3.81. The number of morpholine rings is 5. The van der Waals surface area contributed by atoms with Gasteiger partial charge in [-0.3, -0.25) is 24.2 Å². The summed E-state index contributed by atoms with van der Waals surface area (Å²) in [6, 6.07) is 0. The van der Waals surface area contributed by atoms with E-state index >= 15 is 8.78 Å². The normalized spacial score (nSPS) is 29.5.